The van der Waals surface area contributed by atoms with Crippen molar-refractivity contribution in [3.05, 3.63) is 36.5 Å². The third kappa shape index (κ3) is 4.71. The van der Waals surface area contributed by atoms with Gasteiger partial charge in [-0.05, 0) is 23.8 Å². The number of hydrogen-bond donors (Lipinski definition) is 2. The average molecular weight is 318 g/mol. The highest BCUT2D eigenvalue weighted by Crippen LogP contribution is 2.25. The summed E-state index contributed by atoms with van der Waals surface area (Å²) in [5.41, 5.74) is 0. The predicted octanol–water partition coefficient (Wildman–Crippen LogP) is 2.85. The molecule has 118 valence electrons. The second-order valence-corrected chi connectivity index (χ2v) is 6.67. The fraction of sp³-hybridized carbons (Fsp3) is 0.412. The average Bonchev–Trinajstić information content (AvgIpc) is 2.51. The van der Waals surface area contributed by atoms with E-state index >= 15 is 0 Å². The zero-order chi connectivity index (χ0) is 15.9. The molecule has 0 saturated heterocycles. The van der Waals surface area contributed by atoms with Crippen molar-refractivity contribution in [1.82, 2.24) is 10.3 Å². The molecule has 0 spiro atoms. The molecule has 1 atom stereocenters. The van der Waals surface area contributed by atoms with Crippen LogP contribution < -0.4 is 5.32 Å². The Morgan fingerprint density at radius 1 is 1.32 bits per heavy atom. The maximum absolute atomic E-state index is 12.0. The number of nitrogens with zero attached hydrogens (tertiary/aromatic N) is 1. The molecule has 0 radical (unpaired) electrons. The van der Waals surface area contributed by atoms with Gasteiger partial charge < -0.3 is 10.4 Å². The molecule has 0 fully saturated rings. The molecule has 4 nitrogen and oxygen atoms in total. The molecule has 1 aromatic heterocycles. The summed E-state index contributed by atoms with van der Waals surface area (Å²) in [6.07, 6.45) is 2.54. The van der Waals surface area contributed by atoms with Crippen LogP contribution in [0.2, 0.25) is 0 Å². The van der Waals surface area contributed by atoms with Crippen molar-refractivity contribution in [2.24, 2.45) is 5.92 Å². The summed E-state index contributed by atoms with van der Waals surface area (Å²) >= 11 is 1.42. The molecule has 2 aromatic rings. The molecule has 0 bridgehead atoms. The number of amides is 1. The topological polar surface area (TPSA) is 62.2 Å². The van der Waals surface area contributed by atoms with Crippen molar-refractivity contribution in [3.8, 4) is 0 Å². The number of aliphatic hydroxyl groups excluding tert-OH is 1. The first-order valence-electron chi connectivity index (χ1n) is 7.47. The van der Waals surface area contributed by atoms with Gasteiger partial charge in [-0.1, -0.05) is 49.9 Å². The van der Waals surface area contributed by atoms with Crippen LogP contribution in [0, 0.1) is 5.92 Å². The fourth-order valence-corrected chi connectivity index (χ4v) is 3.19. The van der Waals surface area contributed by atoms with E-state index in [4.69, 9.17) is 0 Å². The first kappa shape index (κ1) is 16.8. The van der Waals surface area contributed by atoms with Gasteiger partial charge in [0.05, 0.1) is 18.4 Å². The first-order valence-corrected chi connectivity index (χ1v) is 8.45. The Balaban J connectivity index is 1.95. The molecule has 0 aliphatic heterocycles. The van der Waals surface area contributed by atoms with Gasteiger partial charge in [0.2, 0.25) is 5.91 Å². The maximum atomic E-state index is 12.0. The normalized spacial score (nSPS) is 12.5. The summed E-state index contributed by atoms with van der Waals surface area (Å²) in [5, 5.41) is 15.2. The fourth-order valence-electron chi connectivity index (χ4n) is 2.36. The lowest BCUT2D eigenvalue weighted by Gasteiger charge is -2.18. The van der Waals surface area contributed by atoms with Gasteiger partial charge in [0.25, 0.3) is 0 Å². The quantitative estimate of drug-likeness (QED) is 0.771. The molecular weight excluding hydrogens is 296 g/mol. The lowest BCUT2D eigenvalue weighted by Crippen LogP contribution is -2.39. The number of fused-ring (bicyclic) bond motifs is 1. The van der Waals surface area contributed by atoms with Gasteiger partial charge in [0.15, 0.2) is 0 Å². The second-order valence-electron chi connectivity index (χ2n) is 5.70. The number of pyridine rings is 1. The van der Waals surface area contributed by atoms with Crippen LogP contribution in [0.15, 0.2) is 41.6 Å². The summed E-state index contributed by atoms with van der Waals surface area (Å²) in [6, 6.07) is 9.79. The van der Waals surface area contributed by atoms with Crippen molar-refractivity contribution in [2.75, 3.05) is 12.4 Å². The van der Waals surface area contributed by atoms with Crippen LogP contribution in [0.25, 0.3) is 10.8 Å². The van der Waals surface area contributed by atoms with Crippen LogP contribution in [-0.2, 0) is 4.79 Å². The maximum Gasteiger partial charge on any atom is 0.230 e. The van der Waals surface area contributed by atoms with E-state index < -0.39 is 0 Å². The van der Waals surface area contributed by atoms with E-state index in [9.17, 15) is 9.90 Å². The van der Waals surface area contributed by atoms with Crippen molar-refractivity contribution in [1.29, 1.82) is 0 Å². The van der Waals surface area contributed by atoms with Crippen LogP contribution in [0.1, 0.15) is 20.3 Å². The van der Waals surface area contributed by atoms with Crippen molar-refractivity contribution in [2.45, 2.75) is 31.3 Å². The Hall–Kier alpha value is -1.59. The molecule has 1 amide bonds. The Labute approximate surface area is 135 Å². The van der Waals surface area contributed by atoms with Gasteiger partial charge in [-0.25, -0.2) is 4.98 Å². The number of carbonyl (C=O) groups is 1. The van der Waals surface area contributed by atoms with E-state index in [1.54, 1.807) is 6.20 Å². The number of aliphatic hydroxyl groups is 1. The van der Waals surface area contributed by atoms with Crippen LogP contribution in [0.4, 0.5) is 0 Å². The third-order valence-corrected chi connectivity index (χ3v) is 4.32. The van der Waals surface area contributed by atoms with E-state index in [-0.39, 0.29) is 18.6 Å². The Bertz CT molecular complexity index is 626. The molecule has 0 saturated carbocycles. The van der Waals surface area contributed by atoms with Crippen LogP contribution >= 0.6 is 11.8 Å². The Morgan fingerprint density at radius 2 is 2.09 bits per heavy atom. The van der Waals surface area contributed by atoms with Gasteiger partial charge in [-0.2, -0.15) is 0 Å². The molecular formula is C17H22N2O2S. The number of nitrogens with one attached hydrogen (secondary N) is 1. The van der Waals surface area contributed by atoms with Gasteiger partial charge in [-0.3, -0.25) is 4.79 Å². The largest absolute Gasteiger partial charge is 0.394 e. The molecule has 2 rings (SSSR count). The molecule has 1 aromatic carbocycles. The zero-order valence-corrected chi connectivity index (χ0v) is 13.8. The van der Waals surface area contributed by atoms with Crippen LogP contribution in [-0.4, -0.2) is 34.4 Å². The van der Waals surface area contributed by atoms with Crippen LogP contribution in [0.5, 0.6) is 0 Å². The predicted molar refractivity (Wildman–Crippen MR) is 90.9 cm³/mol. The van der Waals surface area contributed by atoms with Gasteiger partial charge >= 0.3 is 0 Å². The highest BCUT2D eigenvalue weighted by molar-refractivity contribution is 8.00. The molecule has 2 N–H and O–H groups in total. The summed E-state index contributed by atoms with van der Waals surface area (Å²) in [5.74, 6) is 0.666. The van der Waals surface area contributed by atoms with Gasteiger partial charge in [0, 0.05) is 11.6 Å². The molecule has 22 heavy (non-hydrogen) atoms. The summed E-state index contributed by atoms with van der Waals surface area (Å²) in [7, 11) is 0. The van der Waals surface area contributed by atoms with E-state index in [0.717, 1.165) is 22.2 Å². The minimum atomic E-state index is -0.173. The minimum Gasteiger partial charge on any atom is -0.394 e. The second kappa shape index (κ2) is 8.15. The molecule has 5 heteroatoms. The molecule has 1 unspecified atom stereocenters. The zero-order valence-electron chi connectivity index (χ0n) is 13.0. The van der Waals surface area contributed by atoms with Crippen molar-refractivity contribution < 1.29 is 9.90 Å². The number of aromatic nitrogens is 1. The summed E-state index contributed by atoms with van der Waals surface area (Å²) < 4.78 is 0. The van der Waals surface area contributed by atoms with Crippen molar-refractivity contribution >= 4 is 28.4 Å². The first-order chi connectivity index (χ1) is 10.6. The summed E-state index contributed by atoms with van der Waals surface area (Å²) in [6.45, 7) is 4.12. The monoisotopic (exact) mass is 318 g/mol. The molecule has 1 heterocycles. The SMILES string of the molecule is CC(C)CC(CO)NC(=O)CSc1nccc2ccccc12. The van der Waals surface area contributed by atoms with E-state index in [1.807, 2.05) is 30.3 Å². The standard InChI is InChI=1S/C17H22N2O2S/c1-12(2)9-14(10-20)19-16(21)11-22-17-15-6-4-3-5-13(15)7-8-18-17/h3-8,12,14,20H,9-11H2,1-2H3,(H,19,21). The Kier molecular flexibility index (Phi) is 6.21. The van der Waals surface area contributed by atoms with Crippen LogP contribution in [0.3, 0.4) is 0 Å². The minimum absolute atomic E-state index is 0.0267. The van der Waals surface area contributed by atoms with E-state index in [0.29, 0.717) is 11.7 Å². The highest BCUT2D eigenvalue weighted by atomic mass is 32.2. The third-order valence-electron chi connectivity index (χ3n) is 3.32. The molecule has 0 aliphatic carbocycles. The van der Waals surface area contributed by atoms with E-state index in [2.05, 4.69) is 24.1 Å². The number of hydrogen-bond acceptors (Lipinski definition) is 4. The number of carbonyl (C=O) groups excluding carboxylic acids is 1. The molecule has 0 aliphatic rings. The smallest absolute Gasteiger partial charge is 0.230 e. The van der Waals surface area contributed by atoms with E-state index in [1.165, 1.54) is 11.8 Å². The number of rotatable bonds is 7. The highest BCUT2D eigenvalue weighted by Gasteiger charge is 2.14. The van der Waals surface area contributed by atoms with Gasteiger partial charge in [-0.15, -0.1) is 0 Å². The number of benzene rings is 1. The summed E-state index contributed by atoms with van der Waals surface area (Å²) in [4.78, 5) is 16.4. The lowest BCUT2D eigenvalue weighted by molar-refractivity contribution is -0.119. The Morgan fingerprint density at radius 3 is 2.82 bits per heavy atom. The number of thioether (sulfide) groups is 1. The lowest BCUT2D eigenvalue weighted by atomic mass is 10.0. The van der Waals surface area contributed by atoms with Gasteiger partial charge in [0.1, 0.15) is 5.03 Å². The van der Waals surface area contributed by atoms with Crippen molar-refractivity contribution in [3.63, 3.8) is 0 Å².